The van der Waals surface area contributed by atoms with E-state index in [-0.39, 0.29) is 23.9 Å². The molecule has 12 heteroatoms. The van der Waals surface area contributed by atoms with Crippen LogP contribution in [0.5, 0.6) is 0 Å². The number of ether oxygens (including phenoxy) is 2. The van der Waals surface area contributed by atoms with Crippen LogP contribution in [-0.2, 0) is 19.8 Å². The number of carboxylic acids is 1. The lowest BCUT2D eigenvalue weighted by molar-refractivity contribution is -0.137. The molecule has 0 bridgehead atoms. The molecular weight excluding hydrogens is 557 g/mol. The van der Waals surface area contributed by atoms with Gasteiger partial charge in [0, 0.05) is 36.8 Å². The summed E-state index contributed by atoms with van der Waals surface area (Å²) in [5, 5.41) is 10.2. The number of hydrogen-bond acceptors (Lipinski definition) is 7. The smallest absolute Gasteiger partial charge is 0.418 e. The Morgan fingerprint density at radius 2 is 2.03 bits per heavy atom. The highest BCUT2D eigenvalue weighted by Gasteiger charge is 2.72. The summed E-state index contributed by atoms with van der Waals surface area (Å²) in [5.41, 5.74) is -1.87. The second kappa shape index (κ2) is 9.75. The highest BCUT2D eigenvalue weighted by atomic mass is 79.9. The van der Waals surface area contributed by atoms with Gasteiger partial charge in [0.2, 0.25) is 5.95 Å². The molecular formula is C23H33BrFN3O5SSi. The van der Waals surface area contributed by atoms with Crippen molar-refractivity contribution in [3.8, 4) is 0 Å². The van der Waals surface area contributed by atoms with E-state index in [0.29, 0.717) is 11.1 Å². The SMILES string of the molecule is CC(C)(C)OC(=O)N(COCC[Si](C)(C)C)C1=N[C@](C)(c2cc(Br)cnc2F)[C@@H]2C[C@]2(C(=O)O)S1. The molecule has 0 radical (unpaired) electrons. The van der Waals surface area contributed by atoms with Gasteiger partial charge in [-0.3, -0.25) is 9.79 Å². The monoisotopic (exact) mass is 589 g/mol. The van der Waals surface area contributed by atoms with Gasteiger partial charge in [0.1, 0.15) is 17.1 Å². The predicted octanol–water partition coefficient (Wildman–Crippen LogP) is 5.69. The number of carboxylic acid groups (broad SMARTS) is 1. The van der Waals surface area contributed by atoms with Crippen LogP contribution < -0.4 is 0 Å². The number of aromatic nitrogens is 1. The normalized spacial score (nSPS) is 26.0. The van der Waals surface area contributed by atoms with Gasteiger partial charge in [-0.1, -0.05) is 31.4 Å². The van der Waals surface area contributed by atoms with Crippen LogP contribution in [0.15, 0.2) is 21.7 Å². The average molecular weight is 591 g/mol. The number of rotatable bonds is 7. The zero-order valence-corrected chi connectivity index (χ0v) is 24.5. The molecule has 0 saturated heterocycles. The van der Waals surface area contributed by atoms with Crippen molar-refractivity contribution >= 4 is 53.0 Å². The van der Waals surface area contributed by atoms with Crippen molar-refractivity contribution < 1.29 is 28.6 Å². The minimum absolute atomic E-state index is 0.130. The first-order valence-electron chi connectivity index (χ1n) is 11.4. The first-order chi connectivity index (χ1) is 16.0. The zero-order valence-electron chi connectivity index (χ0n) is 21.1. The Balaban J connectivity index is 2.03. The molecule has 194 valence electrons. The molecule has 0 unspecified atom stereocenters. The number of pyridine rings is 1. The molecule has 1 aliphatic heterocycles. The van der Waals surface area contributed by atoms with Crippen LogP contribution in [0, 0.1) is 11.9 Å². The summed E-state index contributed by atoms with van der Waals surface area (Å²) >= 11 is 4.32. The molecule has 2 heterocycles. The number of fused-ring (bicyclic) bond motifs is 1. The van der Waals surface area contributed by atoms with Crippen LogP contribution >= 0.6 is 27.7 Å². The van der Waals surface area contributed by atoms with E-state index in [1.54, 1.807) is 33.8 Å². The van der Waals surface area contributed by atoms with Crippen LogP contribution in [0.3, 0.4) is 0 Å². The van der Waals surface area contributed by atoms with Gasteiger partial charge in [0.05, 0.1) is 5.54 Å². The number of aliphatic carboxylic acids is 1. The summed E-state index contributed by atoms with van der Waals surface area (Å²) in [7, 11) is -1.37. The Bertz CT molecular complexity index is 1050. The number of nitrogens with zero attached hydrogens (tertiary/aromatic N) is 3. The van der Waals surface area contributed by atoms with Gasteiger partial charge >= 0.3 is 12.1 Å². The van der Waals surface area contributed by atoms with Crippen molar-refractivity contribution in [3.63, 3.8) is 0 Å². The molecule has 35 heavy (non-hydrogen) atoms. The molecule has 1 fully saturated rings. The van der Waals surface area contributed by atoms with E-state index in [1.165, 1.54) is 11.1 Å². The maximum atomic E-state index is 14.9. The Morgan fingerprint density at radius 1 is 1.37 bits per heavy atom. The van der Waals surface area contributed by atoms with E-state index >= 15 is 0 Å². The van der Waals surface area contributed by atoms with Crippen molar-refractivity contribution in [2.75, 3.05) is 13.3 Å². The maximum Gasteiger partial charge on any atom is 0.418 e. The van der Waals surface area contributed by atoms with E-state index in [0.717, 1.165) is 17.8 Å². The van der Waals surface area contributed by atoms with Gasteiger partial charge in [-0.15, -0.1) is 0 Å². The van der Waals surface area contributed by atoms with Crippen molar-refractivity contribution in [2.24, 2.45) is 10.9 Å². The average Bonchev–Trinajstić information content (AvgIpc) is 3.45. The fourth-order valence-corrected chi connectivity index (χ4v) is 6.53. The zero-order chi connectivity index (χ0) is 26.4. The Morgan fingerprint density at radius 3 is 2.60 bits per heavy atom. The third-order valence-corrected chi connectivity index (χ3v) is 9.59. The third kappa shape index (κ3) is 6.26. The predicted molar refractivity (Wildman–Crippen MR) is 140 cm³/mol. The Kier molecular flexibility index (Phi) is 7.82. The second-order valence-corrected chi connectivity index (χ2v) is 19.2. The van der Waals surface area contributed by atoms with Crippen LogP contribution in [0.2, 0.25) is 25.7 Å². The van der Waals surface area contributed by atoms with Crippen molar-refractivity contribution in [2.45, 2.75) is 75.7 Å². The van der Waals surface area contributed by atoms with E-state index in [1.807, 2.05) is 0 Å². The van der Waals surface area contributed by atoms with Crippen molar-refractivity contribution in [1.29, 1.82) is 0 Å². The summed E-state index contributed by atoms with van der Waals surface area (Å²) in [6, 6.07) is 2.45. The quantitative estimate of drug-likeness (QED) is 0.188. The molecule has 1 saturated carbocycles. The standard InChI is InChI=1S/C23H33BrFN3O5SSi/c1-21(2,3)33-20(31)28(13-32-8-9-35(5,6)7)19-27-22(4,15-10-14(24)12-26-17(15)25)16-11-23(16,34-19)18(29)30/h10,12,16H,8-9,11,13H2,1-7H3,(H,29,30)/t16-,22+,23-/m0/s1. The molecule has 1 aromatic heterocycles. The molecule has 0 spiro atoms. The minimum Gasteiger partial charge on any atom is -0.480 e. The van der Waals surface area contributed by atoms with Gasteiger partial charge in [-0.2, -0.15) is 4.39 Å². The van der Waals surface area contributed by atoms with E-state index < -0.39 is 47.9 Å². The highest BCUT2D eigenvalue weighted by molar-refractivity contribution is 9.10. The summed E-state index contributed by atoms with van der Waals surface area (Å²) in [5.74, 6) is -2.23. The van der Waals surface area contributed by atoms with Gasteiger partial charge in [0.25, 0.3) is 0 Å². The topological polar surface area (TPSA) is 101 Å². The maximum absolute atomic E-state index is 14.9. The molecule has 2 aliphatic rings. The molecule has 0 aromatic carbocycles. The van der Waals surface area contributed by atoms with Gasteiger partial charge < -0.3 is 14.6 Å². The molecule has 1 aromatic rings. The molecule has 1 amide bonds. The van der Waals surface area contributed by atoms with E-state index in [2.05, 4.69) is 40.6 Å². The van der Waals surface area contributed by atoms with E-state index in [4.69, 9.17) is 14.5 Å². The number of hydrogen-bond donors (Lipinski definition) is 1. The van der Waals surface area contributed by atoms with Crippen LogP contribution in [0.1, 0.15) is 39.7 Å². The number of amides is 1. The molecule has 1 aliphatic carbocycles. The first kappa shape index (κ1) is 28.1. The molecule has 3 atom stereocenters. The Labute approximate surface area is 219 Å². The third-order valence-electron chi connectivity index (χ3n) is 5.96. The molecule has 1 N–H and O–H groups in total. The minimum atomic E-state index is -1.37. The van der Waals surface area contributed by atoms with Gasteiger partial charge in [-0.25, -0.2) is 14.7 Å². The van der Waals surface area contributed by atoms with Gasteiger partial charge in [-0.05, 0) is 62.2 Å². The van der Waals surface area contributed by atoms with E-state index in [9.17, 15) is 19.1 Å². The number of halogens is 2. The number of amidine groups is 1. The Hall–Kier alpha value is -1.50. The first-order valence-corrected chi connectivity index (χ1v) is 16.7. The summed E-state index contributed by atoms with van der Waals surface area (Å²) in [6.45, 7) is 13.9. The lowest BCUT2D eigenvalue weighted by atomic mass is 9.87. The summed E-state index contributed by atoms with van der Waals surface area (Å²) in [4.78, 5) is 35.4. The number of carbonyl (C=O) groups excluding carboxylic acids is 1. The van der Waals surface area contributed by atoms with Crippen molar-refractivity contribution in [3.05, 3.63) is 28.2 Å². The van der Waals surface area contributed by atoms with Gasteiger partial charge in [0.15, 0.2) is 5.17 Å². The number of carbonyl (C=O) groups is 2. The lowest BCUT2D eigenvalue weighted by Crippen LogP contribution is -2.47. The molecule has 3 rings (SSSR count). The fraction of sp³-hybridized carbons (Fsp3) is 0.652. The fourth-order valence-electron chi connectivity index (χ4n) is 3.93. The lowest BCUT2D eigenvalue weighted by Gasteiger charge is -2.36. The molecule has 8 nitrogen and oxygen atoms in total. The highest BCUT2D eigenvalue weighted by Crippen LogP contribution is 2.66. The largest absolute Gasteiger partial charge is 0.480 e. The second-order valence-electron chi connectivity index (χ2n) is 11.3. The summed E-state index contributed by atoms with van der Waals surface area (Å²) < 4.78 is 25.6. The number of aliphatic imine (C=N–C) groups is 1. The van der Waals surface area contributed by atoms with Crippen LogP contribution in [0.25, 0.3) is 0 Å². The van der Waals surface area contributed by atoms with Crippen LogP contribution in [-0.4, -0.2) is 64.0 Å². The number of thioether (sulfide) groups is 1. The summed E-state index contributed by atoms with van der Waals surface area (Å²) in [6.07, 6.45) is 0.911. The van der Waals surface area contributed by atoms with Crippen LogP contribution in [0.4, 0.5) is 9.18 Å². The van der Waals surface area contributed by atoms with Crippen molar-refractivity contribution in [1.82, 2.24) is 9.88 Å².